The Bertz CT molecular complexity index is 1030. The molecule has 2 aromatic rings. The van der Waals surface area contributed by atoms with E-state index in [0.717, 1.165) is 0 Å². The first-order valence-electron chi connectivity index (χ1n) is 11.0. The Morgan fingerprint density at radius 3 is 2.21 bits per heavy atom. The molecular weight excluding hydrogens is 442 g/mol. The maximum atomic E-state index is 13.0. The molecule has 10 heteroatoms. The molecule has 1 heterocycles. The van der Waals surface area contributed by atoms with Crippen LogP contribution in [0.15, 0.2) is 24.3 Å². The monoisotopic (exact) mass is 475 g/mol. The number of anilines is 1. The van der Waals surface area contributed by atoms with E-state index < -0.39 is 41.2 Å². The fraction of sp³-hybridized carbons (Fsp3) is 0.500. The molecule has 0 aliphatic rings. The molecule has 3 N–H and O–H groups in total. The van der Waals surface area contributed by atoms with Crippen molar-refractivity contribution in [3.05, 3.63) is 30.0 Å². The summed E-state index contributed by atoms with van der Waals surface area (Å²) in [5, 5.41) is 5.80. The van der Waals surface area contributed by atoms with Crippen LogP contribution in [0.3, 0.4) is 0 Å². The van der Waals surface area contributed by atoms with E-state index in [2.05, 4.69) is 15.6 Å². The van der Waals surface area contributed by atoms with Gasteiger partial charge in [-0.3, -0.25) is 9.59 Å². The highest BCUT2D eigenvalue weighted by Crippen LogP contribution is 2.21. The third-order valence-corrected chi connectivity index (χ3v) is 4.18. The highest BCUT2D eigenvalue weighted by molar-refractivity contribution is 6.01. The van der Waals surface area contributed by atoms with Crippen LogP contribution in [-0.4, -0.2) is 52.8 Å². The Morgan fingerprint density at radius 2 is 1.62 bits per heavy atom. The first-order chi connectivity index (χ1) is 15.7. The number of nitrogens with one attached hydrogen (secondary N) is 3. The second-order valence-electron chi connectivity index (χ2n) is 9.68. The molecule has 0 unspecified atom stereocenters. The van der Waals surface area contributed by atoms with Crippen molar-refractivity contribution in [3.63, 3.8) is 0 Å². The number of carbonyl (C=O) groups excluding carboxylic acids is 4. The molecule has 186 valence electrons. The van der Waals surface area contributed by atoms with Crippen LogP contribution < -0.4 is 10.6 Å². The third kappa shape index (κ3) is 8.42. The number of hydrogen-bond acceptors (Lipinski definition) is 7. The van der Waals surface area contributed by atoms with Crippen molar-refractivity contribution in [2.45, 2.75) is 72.1 Å². The first-order valence-corrected chi connectivity index (χ1v) is 11.0. The number of carbonyl (C=O) groups is 4. The molecule has 10 nitrogen and oxygen atoms in total. The number of fused-ring (bicyclic) bond motifs is 1. The second kappa shape index (κ2) is 10.6. The lowest BCUT2D eigenvalue weighted by Crippen LogP contribution is -2.47. The van der Waals surface area contributed by atoms with Crippen LogP contribution in [0, 0.1) is 0 Å². The van der Waals surface area contributed by atoms with Crippen LogP contribution in [0.25, 0.3) is 10.9 Å². The Kier molecular flexibility index (Phi) is 8.31. The van der Waals surface area contributed by atoms with E-state index in [9.17, 15) is 19.2 Å². The summed E-state index contributed by atoms with van der Waals surface area (Å²) in [7, 11) is 0. The standard InChI is InChI=1S/C24H33N3O7/c1-8-32-21(30)18-12-14-11-15(9-10-16(14)26-18)25-20(29)17(13-19(28)33-23(2,3)4)27-22(31)34-24(5,6)7/h9-12,17,26H,8,13H2,1-7H3,(H,25,29)(H,27,31)/t17-/m0/s1. The SMILES string of the molecule is CCOC(=O)c1cc2cc(NC(=O)[C@H](CC(=O)OC(C)(C)C)NC(=O)OC(C)(C)C)ccc2[nH]1. The van der Waals surface area contributed by atoms with Crippen molar-refractivity contribution in [3.8, 4) is 0 Å². The number of alkyl carbamates (subject to hydrolysis) is 1. The molecule has 0 saturated carbocycles. The highest BCUT2D eigenvalue weighted by Gasteiger charge is 2.29. The number of esters is 2. The van der Waals surface area contributed by atoms with Gasteiger partial charge >= 0.3 is 18.0 Å². The van der Waals surface area contributed by atoms with Gasteiger partial charge in [0.1, 0.15) is 22.9 Å². The van der Waals surface area contributed by atoms with Crippen molar-refractivity contribution in [1.29, 1.82) is 0 Å². The molecule has 0 radical (unpaired) electrons. The summed E-state index contributed by atoms with van der Waals surface area (Å²) >= 11 is 0. The van der Waals surface area contributed by atoms with Crippen LogP contribution in [0.4, 0.5) is 10.5 Å². The predicted molar refractivity (Wildman–Crippen MR) is 127 cm³/mol. The van der Waals surface area contributed by atoms with Crippen LogP contribution in [0.1, 0.15) is 65.4 Å². The van der Waals surface area contributed by atoms with Gasteiger partial charge in [0.25, 0.3) is 0 Å². The Morgan fingerprint density at radius 1 is 0.971 bits per heavy atom. The summed E-state index contributed by atoms with van der Waals surface area (Å²) in [6.07, 6.45) is -1.22. The fourth-order valence-electron chi connectivity index (χ4n) is 2.97. The average molecular weight is 476 g/mol. The first kappa shape index (κ1) is 26.7. The summed E-state index contributed by atoms with van der Waals surface area (Å²) in [6, 6.07) is 5.35. The molecule has 0 saturated heterocycles. The minimum Gasteiger partial charge on any atom is -0.461 e. The van der Waals surface area contributed by atoms with Gasteiger partial charge in [0.15, 0.2) is 0 Å². The summed E-state index contributed by atoms with van der Waals surface area (Å²) in [5.41, 5.74) is -0.160. The Balaban J connectivity index is 2.20. The molecule has 0 spiro atoms. The number of aromatic amines is 1. The average Bonchev–Trinajstić information content (AvgIpc) is 3.08. The number of aromatic nitrogens is 1. The Labute approximate surface area is 198 Å². The lowest BCUT2D eigenvalue weighted by atomic mass is 10.1. The van der Waals surface area contributed by atoms with E-state index in [1.165, 1.54) is 0 Å². The minimum absolute atomic E-state index is 0.249. The van der Waals surface area contributed by atoms with Crippen molar-refractivity contribution in [1.82, 2.24) is 10.3 Å². The van der Waals surface area contributed by atoms with Gasteiger partial charge < -0.3 is 29.8 Å². The molecule has 2 amide bonds. The van der Waals surface area contributed by atoms with E-state index in [-0.39, 0.29) is 18.7 Å². The minimum atomic E-state index is -1.23. The molecule has 1 aromatic carbocycles. The molecule has 2 rings (SSSR count). The van der Waals surface area contributed by atoms with Crippen molar-refractivity contribution < 1.29 is 33.4 Å². The summed E-state index contributed by atoms with van der Waals surface area (Å²) < 4.78 is 15.5. The highest BCUT2D eigenvalue weighted by atomic mass is 16.6. The lowest BCUT2D eigenvalue weighted by molar-refractivity contribution is -0.156. The number of hydrogen-bond donors (Lipinski definition) is 3. The van der Waals surface area contributed by atoms with Crippen molar-refractivity contribution >= 4 is 40.5 Å². The van der Waals surface area contributed by atoms with Crippen LogP contribution in [0.5, 0.6) is 0 Å². The zero-order valence-electron chi connectivity index (χ0n) is 20.7. The van der Waals surface area contributed by atoms with E-state index in [1.54, 1.807) is 72.7 Å². The van der Waals surface area contributed by atoms with Crippen LogP contribution in [-0.2, 0) is 23.8 Å². The number of amides is 2. The number of benzene rings is 1. The maximum absolute atomic E-state index is 13.0. The van der Waals surface area contributed by atoms with Gasteiger partial charge in [-0.05, 0) is 72.7 Å². The Hall–Kier alpha value is -3.56. The molecule has 0 aliphatic heterocycles. The van der Waals surface area contributed by atoms with Gasteiger partial charge in [0.2, 0.25) is 5.91 Å². The van der Waals surface area contributed by atoms with Gasteiger partial charge in [-0.2, -0.15) is 0 Å². The number of H-pyrrole nitrogens is 1. The topological polar surface area (TPSA) is 136 Å². The second-order valence-corrected chi connectivity index (χ2v) is 9.68. The summed E-state index contributed by atoms with van der Waals surface area (Å²) in [6.45, 7) is 12.1. The molecule has 1 atom stereocenters. The number of rotatable bonds is 7. The zero-order valence-corrected chi connectivity index (χ0v) is 20.7. The van der Waals surface area contributed by atoms with Crippen molar-refractivity contribution in [2.75, 3.05) is 11.9 Å². The molecule has 1 aromatic heterocycles. The normalized spacial score (nSPS) is 12.6. The maximum Gasteiger partial charge on any atom is 0.408 e. The third-order valence-electron chi connectivity index (χ3n) is 4.18. The molecule has 0 aliphatic carbocycles. The summed E-state index contributed by atoms with van der Waals surface area (Å²) in [5.74, 6) is -1.76. The number of ether oxygens (including phenoxy) is 3. The van der Waals surface area contributed by atoms with Gasteiger partial charge in [-0.1, -0.05) is 0 Å². The molecular formula is C24H33N3O7. The zero-order chi connectivity index (χ0) is 25.7. The summed E-state index contributed by atoms with van der Waals surface area (Å²) in [4.78, 5) is 52.5. The van der Waals surface area contributed by atoms with E-state index in [0.29, 0.717) is 16.6 Å². The smallest absolute Gasteiger partial charge is 0.408 e. The van der Waals surface area contributed by atoms with E-state index in [4.69, 9.17) is 14.2 Å². The lowest BCUT2D eigenvalue weighted by Gasteiger charge is -2.24. The van der Waals surface area contributed by atoms with Gasteiger partial charge in [-0.15, -0.1) is 0 Å². The van der Waals surface area contributed by atoms with Gasteiger partial charge in [-0.25, -0.2) is 9.59 Å². The van der Waals surface area contributed by atoms with Gasteiger partial charge in [0, 0.05) is 16.6 Å². The molecule has 0 bridgehead atoms. The van der Waals surface area contributed by atoms with Crippen molar-refractivity contribution in [2.24, 2.45) is 0 Å². The molecule has 0 fully saturated rings. The fourth-order valence-corrected chi connectivity index (χ4v) is 2.97. The molecule has 34 heavy (non-hydrogen) atoms. The van der Waals surface area contributed by atoms with Crippen LogP contribution >= 0.6 is 0 Å². The van der Waals surface area contributed by atoms with E-state index >= 15 is 0 Å². The van der Waals surface area contributed by atoms with E-state index in [1.807, 2.05) is 0 Å². The van der Waals surface area contributed by atoms with Crippen LogP contribution in [0.2, 0.25) is 0 Å². The predicted octanol–water partition coefficient (Wildman–Crippen LogP) is 3.91. The largest absolute Gasteiger partial charge is 0.461 e. The van der Waals surface area contributed by atoms with Gasteiger partial charge in [0.05, 0.1) is 13.0 Å². The quantitative estimate of drug-likeness (QED) is 0.408.